The monoisotopic (exact) mass is 300 g/mol. The number of rotatable bonds is 5. The van der Waals surface area contributed by atoms with Crippen LogP contribution in [0.15, 0.2) is 12.1 Å². The molecule has 0 saturated carbocycles. The molecule has 0 fully saturated rings. The van der Waals surface area contributed by atoms with Crippen LogP contribution in [0.3, 0.4) is 0 Å². The van der Waals surface area contributed by atoms with Gasteiger partial charge in [0.2, 0.25) is 0 Å². The zero-order chi connectivity index (χ0) is 15.3. The van der Waals surface area contributed by atoms with E-state index in [1.54, 1.807) is 12.1 Å². The number of hydrogen-bond acceptors (Lipinski definition) is 4. The molecular formula is C14H21ClN2O3. The van der Waals surface area contributed by atoms with Crippen LogP contribution in [0.1, 0.15) is 36.8 Å². The Morgan fingerprint density at radius 2 is 1.95 bits per heavy atom. The van der Waals surface area contributed by atoms with Gasteiger partial charge in [0.25, 0.3) is 5.91 Å². The molecule has 1 heterocycles. The average Bonchev–Trinajstić information content (AvgIpc) is 2.38. The Morgan fingerprint density at radius 1 is 1.35 bits per heavy atom. The minimum atomic E-state index is -0.474. The fraction of sp³-hybridized carbons (Fsp3) is 0.571. The lowest BCUT2D eigenvalue weighted by atomic mass is 9.91. The van der Waals surface area contributed by atoms with E-state index in [0.717, 1.165) is 5.69 Å². The van der Waals surface area contributed by atoms with Gasteiger partial charge in [-0.05, 0) is 12.1 Å². The molecule has 1 aromatic heterocycles. The molecule has 0 aromatic carbocycles. The second-order valence-corrected chi connectivity index (χ2v) is 5.81. The third-order valence-corrected chi connectivity index (χ3v) is 2.97. The third-order valence-electron chi connectivity index (χ3n) is 2.78. The van der Waals surface area contributed by atoms with Crippen LogP contribution in [0.4, 0.5) is 0 Å². The molecule has 0 radical (unpaired) electrons. The van der Waals surface area contributed by atoms with E-state index >= 15 is 0 Å². The van der Waals surface area contributed by atoms with Gasteiger partial charge in [0.05, 0.1) is 6.54 Å². The number of methoxy groups -OCH3 is 2. The van der Waals surface area contributed by atoms with Crippen LogP contribution >= 0.6 is 11.6 Å². The summed E-state index contributed by atoms with van der Waals surface area (Å²) in [5.74, 6) is -0.237. The standard InChI is InChI=1S/C14H21ClN2O3/c1-14(2,3)10-6-9(7-11(15)17-10)13(18)16-8-12(19-4)20-5/h6-7,12H,8H2,1-5H3,(H,16,18). The molecule has 0 spiro atoms. The fourth-order valence-electron chi connectivity index (χ4n) is 1.55. The number of nitrogens with zero attached hydrogens (tertiary/aromatic N) is 1. The number of hydrogen-bond donors (Lipinski definition) is 1. The molecule has 0 aliphatic carbocycles. The van der Waals surface area contributed by atoms with Crippen molar-refractivity contribution >= 4 is 17.5 Å². The van der Waals surface area contributed by atoms with Gasteiger partial charge in [-0.2, -0.15) is 0 Å². The number of aromatic nitrogens is 1. The van der Waals surface area contributed by atoms with Gasteiger partial charge >= 0.3 is 0 Å². The molecule has 1 aromatic rings. The van der Waals surface area contributed by atoms with Crippen molar-refractivity contribution in [1.82, 2.24) is 10.3 Å². The van der Waals surface area contributed by atoms with Crippen molar-refractivity contribution < 1.29 is 14.3 Å². The van der Waals surface area contributed by atoms with Gasteiger partial charge < -0.3 is 14.8 Å². The maximum absolute atomic E-state index is 12.1. The van der Waals surface area contributed by atoms with E-state index in [-0.39, 0.29) is 17.9 Å². The zero-order valence-electron chi connectivity index (χ0n) is 12.5. The van der Waals surface area contributed by atoms with Gasteiger partial charge in [-0.25, -0.2) is 4.98 Å². The first-order valence-electron chi connectivity index (χ1n) is 6.29. The molecule has 0 aliphatic heterocycles. The lowest BCUT2D eigenvalue weighted by molar-refractivity contribution is -0.0974. The second kappa shape index (κ2) is 7.02. The number of amides is 1. The number of nitrogens with one attached hydrogen (secondary N) is 1. The normalized spacial score (nSPS) is 11.8. The van der Waals surface area contributed by atoms with Crippen LogP contribution in [0, 0.1) is 0 Å². The van der Waals surface area contributed by atoms with E-state index in [4.69, 9.17) is 21.1 Å². The van der Waals surface area contributed by atoms with Gasteiger partial charge in [0.15, 0.2) is 6.29 Å². The molecule has 1 N–H and O–H groups in total. The summed E-state index contributed by atoms with van der Waals surface area (Å²) in [6.45, 7) is 6.30. The topological polar surface area (TPSA) is 60.5 Å². The molecular weight excluding hydrogens is 280 g/mol. The predicted octanol–water partition coefficient (Wildman–Crippen LogP) is 2.38. The van der Waals surface area contributed by atoms with E-state index in [9.17, 15) is 4.79 Å². The summed E-state index contributed by atoms with van der Waals surface area (Å²) in [6.07, 6.45) is -0.474. The maximum atomic E-state index is 12.1. The van der Waals surface area contributed by atoms with Crippen LogP contribution in [-0.4, -0.2) is 37.9 Å². The molecule has 0 bridgehead atoms. The summed E-state index contributed by atoms with van der Waals surface area (Å²) in [6, 6.07) is 3.29. The van der Waals surface area contributed by atoms with Crippen LogP contribution < -0.4 is 5.32 Å². The Labute approximate surface area is 124 Å². The molecule has 0 saturated heterocycles. The summed E-state index contributed by atoms with van der Waals surface area (Å²) in [5, 5.41) is 3.03. The van der Waals surface area contributed by atoms with Gasteiger partial charge in [-0.1, -0.05) is 32.4 Å². The summed E-state index contributed by atoms with van der Waals surface area (Å²) in [4.78, 5) is 16.4. The van der Waals surface area contributed by atoms with Crippen molar-refractivity contribution in [2.75, 3.05) is 20.8 Å². The van der Waals surface area contributed by atoms with Crippen molar-refractivity contribution in [2.24, 2.45) is 0 Å². The number of carbonyl (C=O) groups is 1. The lowest BCUT2D eigenvalue weighted by Gasteiger charge is -2.19. The summed E-state index contributed by atoms with van der Waals surface area (Å²) >= 11 is 5.98. The van der Waals surface area contributed by atoms with Crippen molar-refractivity contribution in [2.45, 2.75) is 32.5 Å². The minimum Gasteiger partial charge on any atom is -0.354 e. The second-order valence-electron chi connectivity index (χ2n) is 5.42. The molecule has 6 heteroatoms. The third kappa shape index (κ3) is 4.74. The molecule has 0 atom stereocenters. The first kappa shape index (κ1) is 16.9. The van der Waals surface area contributed by atoms with Crippen LogP contribution in [0.2, 0.25) is 5.15 Å². The largest absolute Gasteiger partial charge is 0.354 e. The highest BCUT2D eigenvalue weighted by molar-refractivity contribution is 6.29. The van der Waals surface area contributed by atoms with E-state index in [2.05, 4.69) is 10.3 Å². The Bertz CT molecular complexity index is 468. The molecule has 20 heavy (non-hydrogen) atoms. The SMILES string of the molecule is COC(CNC(=O)c1cc(Cl)nc(C(C)(C)C)c1)OC. The number of ether oxygens (including phenoxy) is 2. The highest BCUT2D eigenvalue weighted by Gasteiger charge is 2.19. The Morgan fingerprint density at radius 3 is 2.45 bits per heavy atom. The molecule has 0 aliphatic rings. The summed E-state index contributed by atoms with van der Waals surface area (Å²) in [7, 11) is 3.03. The fourth-order valence-corrected chi connectivity index (χ4v) is 1.76. The van der Waals surface area contributed by atoms with Crippen molar-refractivity contribution in [3.63, 3.8) is 0 Å². The van der Waals surface area contributed by atoms with Gasteiger partial charge in [-0.3, -0.25) is 4.79 Å². The molecule has 112 valence electrons. The van der Waals surface area contributed by atoms with E-state index in [0.29, 0.717) is 10.7 Å². The van der Waals surface area contributed by atoms with Gasteiger partial charge in [0, 0.05) is 30.9 Å². The first-order valence-corrected chi connectivity index (χ1v) is 6.67. The lowest BCUT2D eigenvalue weighted by Crippen LogP contribution is -2.34. The number of carbonyl (C=O) groups excluding carboxylic acids is 1. The van der Waals surface area contributed by atoms with E-state index < -0.39 is 6.29 Å². The molecule has 1 amide bonds. The van der Waals surface area contributed by atoms with Crippen molar-refractivity contribution in [3.05, 3.63) is 28.5 Å². The van der Waals surface area contributed by atoms with E-state index in [1.165, 1.54) is 14.2 Å². The Hall–Kier alpha value is -1.17. The zero-order valence-corrected chi connectivity index (χ0v) is 13.2. The van der Waals surface area contributed by atoms with Crippen LogP contribution in [0.25, 0.3) is 0 Å². The smallest absolute Gasteiger partial charge is 0.251 e. The predicted molar refractivity (Wildman–Crippen MR) is 78.1 cm³/mol. The summed E-state index contributed by atoms with van der Waals surface area (Å²) < 4.78 is 10.0. The Balaban J connectivity index is 2.86. The van der Waals surface area contributed by atoms with Gasteiger partial charge in [0.1, 0.15) is 5.15 Å². The number of pyridine rings is 1. The average molecular weight is 301 g/mol. The van der Waals surface area contributed by atoms with Crippen molar-refractivity contribution in [3.8, 4) is 0 Å². The first-order chi connectivity index (χ1) is 9.27. The number of halogens is 1. The maximum Gasteiger partial charge on any atom is 0.251 e. The Kier molecular flexibility index (Phi) is 5.92. The highest BCUT2D eigenvalue weighted by Crippen LogP contribution is 2.23. The van der Waals surface area contributed by atoms with Gasteiger partial charge in [-0.15, -0.1) is 0 Å². The van der Waals surface area contributed by atoms with E-state index in [1.807, 2.05) is 20.8 Å². The molecule has 5 nitrogen and oxygen atoms in total. The molecule has 0 unspecified atom stereocenters. The van der Waals surface area contributed by atoms with Crippen molar-refractivity contribution in [1.29, 1.82) is 0 Å². The van der Waals surface area contributed by atoms with Crippen LogP contribution in [0.5, 0.6) is 0 Å². The quantitative estimate of drug-likeness (QED) is 0.670. The summed E-state index contributed by atoms with van der Waals surface area (Å²) in [5.41, 5.74) is 1.06. The molecule has 1 rings (SSSR count). The van der Waals surface area contributed by atoms with Crippen LogP contribution in [-0.2, 0) is 14.9 Å². The minimum absolute atomic E-state index is 0.179. The highest BCUT2D eigenvalue weighted by atomic mass is 35.5.